The standard InChI is InChI=1S/C13H17ClO3/c1-3-5-8-17-12-7-6-10(9-11(12)14)13(15)16-4-2/h6-7,9H,3-5,8H2,1-2H3. The number of ether oxygens (including phenoxy) is 2. The van der Waals surface area contributed by atoms with Crippen LogP contribution in [0.25, 0.3) is 0 Å². The first kappa shape index (κ1) is 13.8. The Labute approximate surface area is 107 Å². The van der Waals surface area contributed by atoms with E-state index in [1.165, 1.54) is 0 Å². The largest absolute Gasteiger partial charge is 0.492 e. The van der Waals surface area contributed by atoms with Gasteiger partial charge in [-0.1, -0.05) is 24.9 Å². The molecule has 0 amide bonds. The summed E-state index contributed by atoms with van der Waals surface area (Å²) in [5, 5.41) is 0.437. The molecule has 1 aromatic carbocycles. The summed E-state index contributed by atoms with van der Waals surface area (Å²) in [5.41, 5.74) is 0.444. The molecule has 0 aliphatic carbocycles. The van der Waals surface area contributed by atoms with Gasteiger partial charge in [0.2, 0.25) is 0 Å². The monoisotopic (exact) mass is 256 g/mol. The molecule has 1 rings (SSSR count). The molecule has 0 saturated carbocycles. The molecule has 4 heteroatoms. The molecule has 0 radical (unpaired) electrons. The Morgan fingerprint density at radius 1 is 1.35 bits per heavy atom. The Morgan fingerprint density at radius 2 is 2.12 bits per heavy atom. The van der Waals surface area contributed by atoms with Gasteiger partial charge in [-0.15, -0.1) is 0 Å². The van der Waals surface area contributed by atoms with Crippen LogP contribution in [0, 0.1) is 0 Å². The summed E-state index contributed by atoms with van der Waals surface area (Å²) in [6, 6.07) is 4.93. The first-order valence-corrected chi connectivity index (χ1v) is 6.16. The second-order valence-electron chi connectivity index (χ2n) is 3.57. The maximum absolute atomic E-state index is 11.4. The second-order valence-corrected chi connectivity index (χ2v) is 3.97. The van der Waals surface area contributed by atoms with Crippen LogP contribution in [-0.4, -0.2) is 19.2 Å². The molecule has 0 heterocycles. The third-order valence-corrected chi connectivity index (χ3v) is 2.49. The van der Waals surface area contributed by atoms with Crippen LogP contribution < -0.4 is 4.74 Å². The maximum Gasteiger partial charge on any atom is 0.338 e. The van der Waals surface area contributed by atoms with Gasteiger partial charge in [0.1, 0.15) is 5.75 Å². The third-order valence-electron chi connectivity index (χ3n) is 2.20. The van der Waals surface area contributed by atoms with E-state index in [0.717, 1.165) is 12.8 Å². The number of esters is 1. The summed E-state index contributed by atoms with van der Waals surface area (Å²) in [6.07, 6.45) is 2.05. The Hall–Kier alpha value is -1.22. The molecule has 0 bridgehead atoms. The smallest absolute Gasteiger partial charge is 0.338 e. The van der Waals surface area contributed by atoms with Crippen LogP contribution >= 0.6 is 11.6 Å². The predicted octanol–water partition coefficient (Wildman–Crippen LogP) is 3.70. The molecule has 94 valence electrons. The molecule has 0 unspecified atom stereocenters. The molecule has 0 N–H and O–H groups in total. The lowest BCUT2D eigenvalue weighted by Gasteiger charge is -2.08. The highest BCUT2D eigenvalue weighted by atomic mass is 35.5. The lowest BCUT2D eigenvalue weighted by atomic mass is 10.2. The van der Waals surface area contributed by atoms with Gasteiger partial charge in [0, 0.05) is 0 Å². The molecular weight excluding hydrogens is 240 g/mol. The zero-order valence-electron chi connectivity index (χ0n) is 10.2. The SMILES string of the molecule is CCCCOc1ccc(C(=O)OCC)cc1Cl. The van der Waals surface area contributed by atoms with Crippen LogP contribution in [-0.2, 0) is 4.74 Å². The van der Waals surface area contributed by atoms with Crippen molar-refractivity contribution in [2.24, 2.45) is 0 Å². The van der Waals surface area contributed by atoms with E-state index >= 15 is 0 Å². The highest BCUT2D eigenvalue weighted by molar-refractivity contribution is 6.32. The highest BCUT2D eigenvalue weighted by Gasteiger charge is 2.09. The van der Waals surface area contributed by atoms with E-state index in [4.69, 9.17) is 21.1 Å². The van der Waals surface area contributed by atoms with Crippen LogP contribution in [0.4, 0.5) is 0 Å². The van der Waals surface area contributed by atoms with Crippen LogP contribution in [0.1, 0.15) is 37.0 Å². The van der Waals surface area contributed by atoms with Crippen LogP contribution in [0.15, 0.2) is 18.2 Å². The summed E-state index contributed by atoms with van der Waals surface area (Å²) in [7, 11) is 0. The van der Waals surface area contributed by atoms with E-state index in [2.05, 4.69) is 6.92 Å². The molecule has 0 spiro atoms. The number of hydrogen-bond donors (Lipinski definition) is 0. The molecule has 0 fully saturated rings. The van der Waals surface area contributed by atoms with Gasteiger partial charge in [-0.25, -0.2) is 4.79 Å². The van der Waals surface area contributed by atoms with Crippen molar-refractivity contribution in [3.8, 4) is 5.75 Å². The number of unbranched alkanes of at least 4 members (excludes halogenated alkanes) is 1. The lowest BCUT2D eigenvalue weighted by molar-refractivity contribution is 0.0526. The van der Waals surface area contributed by atoms with E-state index < -0.39 is 0 Å². The minimum Gasteiger partial charge on any atom is -0.492 e. The molecule has 3 nitrogen and oxygen atoms in total. The number of halogens is 1. The molecular formula is C13H17ClO3. The van der Waals surface area contributed by atoms with Gasteiger partial charge in [0.05, 0.1) is 23.8 Å². The van der Waals surface area contributed by atoms with Gasteiger partial charge in [-0.3, -0.25) is 0 Å². The molecule has 0 aliphatic rings. The van der Waals surface area contributed by atoms with E-state index in [-0.39, 0.29) is 5.97 Å². The Balaban J connectivity index is 2.68. The van der Waals surface area contributed by atoms with Gasteiger partial charge < -0.3 is 9.47 Å². The summed E-state index contributed by atoms with van der Waals surface area (Å²) in [4.78, 5) is 11.4. The summed E-state index contributed by atoms with van der Waals surface area (Å²) in [5.74, 6) is 0.239. The molecule has 1 aromatic rings. The minimum atomic E-state index is -0.366. The van der Waals surface area contributed by atoms with E-state index in [9.17, 15) is 4.79 Å². The van der Waals surface area contributed by atoms with Crippen molar-refractivity contribution in [1.29, 1.82) is 0 Å². The van der Waals surface area contributed by atoms with Crippen molar-refractivity contribution >= 4 is 17.6 Å². The Morgan fingerprint density at radius 3 is 2.71 bits per heavy atom. The van der Waals surface area contributed by atoms with Crippen LogP contribution in [0.2, 0.25) is 5.02 Å². The predicted molar refractivity (Wildman–Crippen MR) is 67.8 cm³/mol. The fourth-order valence-electron chi connectivity index (χ4n) is 1.29. The van der Waals surface area contributed by atoms with E-state index in [1.807, 2.05) is 0 Å². The topological polar surface area (TPSA) is 35.5 Å². The third kappa shape index (κ3) is 4.27. The highest BCUT2D eigenvalue weighted by Crippen LogP contribution is 2.26. The lowest BCUT2D eigenvalue weighted by Crippen LogP contribution is -2.05. The fourth-order valence-corrected chi connectivity index (χ4v) is 1.52. The normalized spacial score (nSPS) is 10.1. The molecule has 0 saturated heterocycles. The van der Waals surface area contributed by atoms with Gasteiger partial charge in [-0.2, -0.15) is 0 Å². The quantitative estimate of drug-likeness (QED) is 0.575. The van der Waals surface area contributed by atoms with E-state index in [1.54, 1.807) is 25.1 Å². The van der Waals surface area contributed by atoms with Crippen LogP contribution in [0.3, 0.4) is 0 Å². The Bertz CT molecular complexity index is 377. The van der Waals surface area contributed by atoms with Crippen LogP contribution in [0.5, 0.6) is 5.75 Å². The summed E-state index contributed by atoms with van der Waals surface area (Å²) in [6.45, 7) is 4.84. The van der Waals surface area contributed by atoms with Gasteiger partial charge >= 0.3 is 5.97 Å². The van der Waals surface area contributed by atoms with E-state index in [0.29, 0.717) is 29.5 Å². The van der Waals surface area contributed by atoms with Crippen molar-refractivity contribution in [2.45, 2.75) is 26.7 Å². The number of benzene rings is 1. The van der Waals surface area contributed by atoms with Gasteiger partial charge in [0.15, 0.2) is 0 Å². The number of rotatable bonds is 6. The fraction of sp³-hybridized carbons (Fsp3) is 0.462. The van der Waals surface area contributed by atoms with Crippen molar-refractivity contribution in [1.82, 2.24) is 0 Å². The Kier molecular flexibility index (Phi) is 5.84. The first-order chi connectivity index (χ1) is 8.19. The number of carbonyl (C=O) groups excluding carboxylic acids is 1. The van der Waals surface area contributed by atoms with Gasteiger partial charge in [0.25, 0.3) is 0 Å². The molecule has 17 heavy (non-hydrogen) atoms. The first-order valence-electron chi connectivity index (χ1n) is 5.78. The minimum absolute atomic E-state index is 0.352. The second kappa shape index (κ2) is 7.17. The van der Waals surface area contributed by atoms with Crippen molar-refractivity contribution < 1.29 is 14.3 Å². The van der Waals surface area contributed by atoms with Crippen molar-refractivity contribution in [3.05, 3.63) is 28.8 Å². The van der Waals surface area contributed by atoms with Crippen molar-refractivity contribution in [3.63, 3.8) is 0 Å². The molecule has 0 aromatic heterocycles. The summed E-state index contributed by atoms with van der Waals surface area (Å²) < 4.78 is 10.4. The number of hydrogen-bond acceptors (Lipinski definition) is 3. The zero-order chi connectivity index (χ0) is 12.7. The molecule has 0 atom stereocenters. The average molecular weight is 257 g/mol. The average Bonchev–Trinajstić information content (AvgIpc) is 2.31. The number of carbonyl (C=O) groups is 1. The van der Waals surface area contributed by atoms with Gasteiger partial charge in [-0.05, 0) is 31.5 Å². The maximum atomic E-state index is 11.4. The van der Waals surface area contributed by atoms with Crippen molar-refractivity contribution in [2.75, 3.05) is 13.2 Å². The molecule has 0 aliphatic heterocycles. The zero-order valence-corrected chi connectivity index (χ0v) is 10.9. The summed E-state index contributed by atoms with van der Waals surface area (Å²) >= 11 is 6.02.